The number of fused-ring (bicyclic) bond motifs is 2. The van der Waals surface area contributed by atoms with Crippen LogP contribution in [0.3, 0.4) is 0 Å². The summed E-state index contributed by atoms with van der Waals surface area (Å²) in [5.74, 6) is 1.69. The van der Waals surface area contributed by atoms with Gasteiger partial charge in [-0.15, -0.1) is 0 Å². The molecular formula is C19H31N3O. The van der Waals surface area contributed by atoms with Crippen molar-refractivity contribution in [3.63, 3.8) is 0 Å². The van der Waals surface area contributed by atoms with Crippen LogP contribution in [0.1, 0.15) is 57.8 Å². The van der Waals surface area contributed by atoms with Gasteiger partial charge in [-0.05, 0) is 51.4 Å². The zero-order valence-corrected chi connectivity index (χ0v) is 14.4. The molecule has 1 aliphatic heterocycles. The first-order chi connectivity index (χ1) is 11.3. The summed E-state index contributed by atoms with van der Waals surface area (Å²) >= 11 is 0. The Morgan fingerprint density at radius 2 is 2.26 bits per heavy atom. The van der Waals surface area contributed by atoms with Crippen molar-refractivity contribution < 1.29 is 4.74 Å². The van der Waals surface area contributed by atoms with E-state index in [2.05, 4.69) is 21.7 Å². The molecule has 2 saturated carbocycles. The minimum absolute atomic E-state index is 0.421. The van der Waals surface area contributed by atoms with E-state index < -0.39 is 0 Å². The Morgan fingerprint density at radius 3 is 2.96 bits per heavy atom. The Kier molecular flexibility index (Phi) is 4.35. The molecule has 2 N–H and O–H groups in total. The molecule has 0 aromatic carbocycles. The Balaban J connectivity index is 1.29. The van der Waals surface area contributed by atoms with Gasteiger partial charge in [0, 0.05) is 37.6 Å². The minimum Gasteiger partial charge on any atom is -0.377 e. The van der Waals surface area contributed by atoms with Crippen LogP contribution in [0.2, 0.25) is 0 Å². The van der Waals surface area contributed by atoms with E-state index in [9.17, 15) is 0 Å². The number of guanidine groups is 1. The van der Waals surface area contributed by atoms with Gasteiger partial charge in [-0.3, -0.25) is 4.99 Å². The van der Waals surface area contributed by atoms with Gasteiger partial charge in [0.25, 0.3) is 0 Å². The summed E-state index contributed by atoms with van der Waals surface area (Å²) in [6.07, 6.45) is 14.7. The summed E-state index contributed by atoms with van der Waals surface area (Å²) < 4.78 is 6.01. The average Bonchev–Trinajstić information content (AvgIpc) is 2.95. The number of nitrogens with zero attached hydrogens (tertiary/aromatic N) is 1. The van der Waals surface area contributed by atoms with Crippen molar-refractivity contribution in [2.45, 2.75) is 69.9 Å². The lowest BCUT2D eigenvalue weighted by Gasteiger charge is -2.63. The number of allylic oxidation sites excluding steroid dienone is 1. The molecule has 0 aromatic rings. The van der Waals surface area contributed by atoms with Gasteiger partial charge in [0.15, 0.2) is 5.96 Å². The molecule has 0 bridgehead atoms. The Hall–Kier alpha value is -1.03. The summed E-state index contributed by atoms with van der Waals surface area (Å²) in [5, 5.41) is 7.28. The van der Waals surface area contributed by atoms with Gasteiger partial charge in [-0.2, -0.15) is 0 Å². The lowest BCUT2D eigenvalue weighted by atomic mass is 9.46. The van der Waals surface area contributed by atoms with Gasteiger partial charge in [0.05, 0.1) is 6.10 Å². The number of hydrogen-bond acceptors (Lipinski definition) is 2. The van der Waals surface area contributed by atoms with E-state index in [1.54, 1.807) is 5.57 Å². The molecule has 1 heterocycles. The molecule has 3 aliphatic carbocycles. The molecule has 0 radical (unpaired) electrons. The van der Waals surface area contributed by atoms with Gasteiger partial charge in [-0.25, -0.2) is 0 Å². The predicted molar refractivity (Wildman–Crippen MR) is 93.6 cm³/mol. The summed E-state index contributed by atoms with van der Waals surface area (Å²) in [4.78, 5) is 4.46. The van der Waals surface area contributed by atoms with E-state index >= 15 is 0 Å². The van der Waals surface area contributed by atoms with Crippen molar-refractivity contribution >= 4 is 5.96 Å². The highest BCUT2D eigenvalue weighted by Crippen LogP contribution is 2.62. The van der Waals surface area contributed by atoms with Crippen LogP contribution in [0.4, 0.5) is 0 Å². The standard InChI is InChI=1S/C19H31N3O/c1-20-18(21-12-8-14-6-3-2-4-7-14)22-16-15-9-13-23-17(15)19(16)10-5-11-19/h6,15-17H,2-5,7-13H2,1H3,(H2,20,21,22). The van der Waals surface area contributed by atoms with Gasteiger partial charge >= 0.3 is 0 Å². The maximum Gasteiger partial charge on any atom is 0.191 e. The smallest absolute Gasteiger partial charge is 0.191 e. The quantitative estimate of drug-likeness (QED) is 0.476. The first kappa shape index (κ1) is 15.5. The molecule has 128 valence electrons. The molecule has 0 aromatic heterocycles. The lowest BCUT2D eigenvalue weighted by molar-refractivity contribution is -0.171. The van der Waals surface area contributed by atoms with E-state index in [4.69, 9.17) is 4.74 Å². The van der Waals surface area contributed by atoms with Crippen molar-refractivity contribution in [3.8, 4) is 0 Å². The van der Waals surface area contributed by atoms with Gasteiger partial charge < -0.3 is 15.4 Å². The summed E-state index contributed by atoms with van der Waals surface area (Å²) in [6.45, 7) is 1.95. The molecule has 4 aliphatic rings. The number of ether oxygens (including phenoxy) is 1. The average molecular weight is 317 g/mol. The fraction of sp³-hybridized carbons (Fsp3) is 0.842. The molecule has 3 unspecified atom stereocenters. The van der Waals surface area contributed by atoms with Crippen molar-refractivity contribution in [2.75, 3.05) is 20.2 Å². The summed E-state index contributed by atoms with van der Waals surface area (Å²) in [7, 11) is 1.89. The van der Waals surface area contributed by atoms with Crippen LogP contribution >= 0.6 is 0 Å². The number of aliphatic imine (C=N–C) groups is 1. The third kappa shape index (κ3) is 2.69. The van der Waals surface area contributed by atoms with Crippen molar-refractivity contribution in [1.29, 1.82) is 0 Å². The van der Waals surface area contributed by atoms with E-state index in [1.807, 2.05) is 7.05 Å². The second kappa shape index (κ2) is 6.46. The van der Waals surface area contributed by atoms with Crippen LogP contribution in [-0.4, -0.2) is 38.3 Å². The molecule has 3 fully saturated rings. The Labute approximate surface area is 140 Å². The van der Waals surface area contributed by atoms with Gasteiger partial charge in [-0.1, -0.05) is 18.1 Å². The Morgan fingerprint density at radius 1 is 1.35 bits per heavy atom. The predicted octanol–water partition coefficient (Wildman–Crippen LogP) is 3.00. The summed E-state index contributed by atoms with van der Waals surface area (Å²) in [5.41, 5.74) is 2.05. The van der Waals surface area contributed by atoms with Crippen LogP contribution < -0.4 is 10.6 Å². The van der Waals surface area contributed by atoms with Gasteiger partial charge in [0.1, 0.15) is 0 Å². The summed E-state index contributed by atoms with van der Waals surface area (Å²) in [6, 6.07) is 0.573. The topological polar surface area (TPSA) is 45.7 Å². The van der Waals surface area contributed by atoms with Crippen LogP contribution in [0.25, 0.3) is 0 Å². The highest BCUT2D eigenvalue weighted by atomic mass is 16.5. The van der Waals surface area contributed by atoms with Gasteiger partial charge in [0.2, 0.25) is 0 Å². The monoisotopic (exact) mass is 317 g/mol. The molecule has 0 amide bonds. The molecule has 3 atom stereocenters. The lowest BCUT2D eigenvalue weighted by Crippen LogP contribution is -2.72. The third-order valence-electron chi connectivity index (χ3n) is 6.68. The number of rotatable bonds is 4. The minimum atomic E-state index is 0.421. The third-order valence-corrected chi connectivity index (χ3v) is 6.68. The molecular weight excluding hydrogens is 286 g/mol. The number of nitrogens with one attached hydrogen (secondary N) is 2. The first-order valence-electron chi connectivity index (χ1n) is 9.60. The molecule has 23 heavy (non-hydrogen) atoms. The second-order valence-corrected chi connectivity index (χ2v) is 7.81. The van der Waals surface area contributed by atoms with E-state index in [-0.39, 0.29) is 0 Å². The van der Waals surface area contributed by atoms with Crippen molar-refractivity contribution in [2.24, 2.45) is 16.3 Å². The van der Waals surface area contributed by atoms with Crippen LogP contribution in [0, 0.1) is 11.3 Å². The van der Waals surface area contributed by atoms with E-state index in [1.165, 1.54) is 51.4 Å². The van der Waals surface area contributed by atoms with Crippen LogP contribution in [-0.2, 0) is 4.74 Å². The number of hydrogen-bond donors (Lipinski definition) is 2. The molecule has 4 nitrogen and oxygen atoms in total. The van der Waals surface area contributed by atoms with Crippen LogP contribution in [0.15, 0.2) is 16.6 Å². The van der Waals surface area contributed by atoms with Crippen molar-refractivity contribution in [1.82, 2.24) is 10.6 Å². The van der Waals surface area contributed by atoms with Crippen LogP contribution in [0.5, 0.6) is 0 Å². The highest BCUT2D eigenvalue weighted by Gasteiger charge is 2.66. The maximum absolute atomic E-state index is 6.01. The zero-order valence-electron chi connectivity index (χ0n) is 14.4. The maximum atomic E-state index is 6.01. The SMILES string of the molecule is CN=C(NCCC1=CCCCC1)NC1C2CCOC2C12CCC2. The molecule has 4 heteroatoms. The van der Waals surface area contributed by atoms with E-state index in [0.717, 1.165) is 25.5 Å². The Bertz CT molecular complexity index is 495. The zero-order chi connectivity index (χ0) is 15.7. The second-order valence-electron chi connectivity index (χ2n) is 7.81. The van der Waals surface area contributed by atoms with Crippen molar-refractivity contribution in [3.05, 3.63) is 11.6 Å². The fourth-order valence-electron chi connectivity index (χ4n) is 5.27. The highest BCUT2D eigenvalue weighted by molar-refractivity contribution is 5.80. The molecule has 1 saturated heterocycles. The fourth-order valence-corrected chi connectivity index (χ4v) is 5.27. The van der Waals surface area contributed by atoms with E-state index in [0.29, 0.717) is 23.5 Å². The first-order valence-corrected chi connectivity index (χ1v) is 9.60. The molecule has 4 rings (SSSR count). The normalized spacial score (nSPS) is 35.1. The molecule has 1 spiro atoms. The largest absolute Gasteiger partial charge is 0.377 e.